The first kappa shape index (κ1) is 23.0. The second kappa shape index (κ2) is 9.87. The number of ether oxygens (including phenoxy) is 2. The van der Waals surface area contributed by atoms with Crippen molar-refractivity contribution in [2.75, 3.05) is 51.8 Å². The van der Waals surface area contributed by atoms with Crippen molar-refractivity contribution in [3.63, 3.8) is 0 Å². The minimum Gasteiger partial charge on any atom is -0.497 e. The van der Waals surface area contributed by atoms with Gasteiger partial charge in [-0.2, -0.15) is 4.98 Å². The average molecular weight is 478 g/mol. The van der Waals surface area contributed by atoms with Gasteiger partial charge in [0.25, 0.3) is 5.91 Å². The Balaban J connectivity index is 1.49. The quantitative estimate of drug-likeness (QED) is 0.558. The van der Waals surface area contributed by atoms with Crippen LogP contribution in [0.4, 0.5) is 10.3 Å². The molecule has 1 aromatic heterocycles. The molecule has 5 rings (SSSR count). The molecule has 0 atom stereocenters. The van der Waals surface area contributed by atoms with Crippen LogP contribution in [0, 0.1) is 5.82 Å². The second-order valence-corrected chi connectivity index (χ2v) is 8.78. The number of carbonyl (C=O) groups is 1. The summed E-state index contributed by atoms with van der Waals surface area (Å²) in [5, 5.41) is 0. The lowest BCUT2D eigenvalue weighted by molar-refractivity contribution is 0.0727. The van der Waals surface area contributed by atoms with Crippen LogP contribution in [0.1, 0.15) is 21.6 Å². The van der Waals surface area contributed by atoms with Crippen molar-refractivity contribution in [1.82, 2.24) is 19.8 Å². The van der Waals surface area contributed by atoms with E-state index in [0.29, 0.717) is 36.3 Å². The molecule has 0 aliphatic carbocycles. The van der Waals surface area contributed by atoms with Gasteiger partial charge in [-0.25, -0.2) is 9.37 Å². The Bertz CT molecular complexity index is 1230. The fraction of sp³-hybridized carbons (Fsp3) is 0.346. The summed E-state index contributed by atoms with van der Waals surface area (Å²) in [6, 6.07) is 13.3. The lowest BCUT2D eigenvalue weighted by atomic mass is 10.0. The molecule has 0 unspecified atom stereocenters. The third kappa shape index (κ3) is 4.90. The standard InChI is InChI=1S/C26H28FN5O3/c1-30-12-14-31(15-13-30)26-28-23-10-11-32(25(33)20-8-3-4-9-22(20)27)17-21(23)24(29-26)35-19-7-5-6-18(16-19)34-2/h3-9,16H,10-15,17H2,1-2H3. The molecule has 2 aromatic carbocycles. The summed E-state index contributed by atoms with van der Waals surface area (Å²) in [4.78, 5) is 28.8. The predicted molar refractivity (Wildman–Crippen MR) is 130 cm³/mol. The van der Waals surface area contributed by atoms with E-state index in [4.69, 9.17) is 19.4 Å². The Morgan fingerprint density at radius 3 is 2.51 bits per heavy atom. The SMILES string of the molecule is COc1cccc(Oc2nc(N3CCN(C)CC3)nc3c2CN(C(=O)c2ccccc2F)CC3)c1. The van der Waals surface area contributed by atoms with Gasteiger partial charge in [0.2, 0.25) is 11.8 Å². The lowest BCUT2D eigenvalue weighted by Gasteiger charge is -2.34. The molecule has 182 valence electrons. The smallest absolute Gasteiger partial charge is 0.257 e. The van der Waals surface area contributed by atoms with E-state index in [9.17, 15) is 9.18 Å². The van der Waals surface area contributed by atoms with E-state index in [1.165, 1.54) is 12.1 Å². The Hall–Kier alpha value is -3.72. The van der Waals surface area contributed by atoms with Crippen LogP contribution in [0.25, 0.3) is 0 Å². The van der Waals surface area contributed by atoms with E-state index >= 15 is 0 Å². The fourth-order valence-corrected chi connectivity index (χ4v) is 4.36. The molecule has 0 saturated carbocycles. The second-order valence-electron chi connectivity index (χ2n) is 8.78. The zero-order chi connectivity index (χ0) is 24.4. The topological polar surface area (TPSA) is 71.0 Å². The highest BCUT2D eigenvalue weighted by molar-refractivity contribution is 5.94. The number of likely N-dealkylation sites (N-methyl/N-ethyl adjacent to an activating group) is 1. The van der Waals surface area contributed by atoms with Crippen molar-refractivity contribution in [2.45, 2.75) is 13.0 Å². The van der Waals surface area contributed by atoms with Crippen molar-refractivity contribution in [3.05, 3.63) is 71.2 Å². The number of benzene rings is 2. The molecular formula is C26H28FN5O3. The van der Waals surface area contributed by atoms with Gasteiger partial charge >= 0.3 is 0 Å². The molecular weight excluding hydrogens is 449 g/mol. The monoisotopic (exact) mass is 477 g/mol. The Morgan fingerprint density at radius 2 is 1.74 bits per heavy atom. The molecule has 2 aliphatic heterocycles. The number of piperazine rings is 1. The number of amides is 1. The lowest BCUT2D eigenvalue weighted by Crippen LogP contribution is -2.45. The van der Waals surface area contributed by atoms with Crippen molar-refractivity contribution in [2.24, 2.45) is 0 Å². The predicted octanol–water partition coefficient (Wildman–Crippen LogP) is 3.37. The molecule has 0 spiro atoms. The van der Waals surface area contributed by atoms with Crippen LogP contribution in [0.5, 0.6) is 17.4 Å². The maximum atomic E-state index is 14.3. The molecule has 1 amide bonds. The number of carbonyl (C=O) groups excluding carboxylic acids is 1. The van der Waals surface area contributed by atoms with Crippen molar-refractivity contribution in [3.8, 4) is 17.4 Å². The van der Waals surface area contributed by atoms with Gasteiger partial charge in [-0.3, -0.25) is 4.79 Å². The largest absolute Gasteiger partial charge is 0.497 e. The normalized spacial score (nSPS) is 16.1. The summed E-state index contributed by atoms with van der Waals surface area (Å²) in [6.45, 7) is 4.19. The highest BCUT2D eigenvalue weighted by Gasteiger charge is 2.29. The molecule has 2 aliphatic rings. The van der Waals surface area contributed by atoms with E-state index in [1.807, 2.05) is 18.2 Å². The van der Waals surface area contributed by atoms with E-state index in [2.05, 4.69) is 16.8 Å². The number of hydrogen-bond donors (Lipinski definition) is 0. The number of fused-ring (bicyclic) bond motifs is 1. The van der Waals surface area contributed by atoms with Gasteiger partial charge in [0.15, 0.2) is 0 Å². The zero-order valence-electron chi connectivity index (χ0n) is 19.9. The highest BCUT2D eigenvalue weighted by Crippen LogP contribution is 2.33. The van der Waals surface area contributed by atoms with Gasteiger partial charge in [-0.15, -0.1) is 0 Å². The number of halogens is 1. The van der Waals surface area contributed by atoms with Crippen LogP contribution in [0.2, 0.25) is 0 Å². The Morgan fingerprint density at radius 1 is 0.971 bits per heavy atom. The maximum absolute atomic E-state index is 14.3. The number of anilines is 1. The van der Waals surface area contributed by atoms with Crippen molar-refractivity contribution >= 4 is 11.9 Å². The first-order valence-corrected chi connectivity index (χ1v) is 11.7. The summed E-state index contributed by atoms with van der Waals surface area (Å²) in [7, 11) is 3.70. The number of rotatable bonds is 5. The van der Waals surface area contributed by atoms with Crippen LogP contribution in [0.3, 0.4) is 0 Å². The molecule has 1 fully saturated rings. The molecule has 3 aromatic rings. The van der Waals surface area contributed by atoms with E-state index < -0.39 is 5.82 Å². The van der Waals surface area contributed by atoms with Crippen LogP contribution in [0.15, 0.2) is 48.5 Å². The minimum absolute atomic E-state index is 0.0567. The van der Waals surface area contributed by atoms with E-state index in [0.717, 1.165) is 37.4 Å². The molecule has 9 heteroatoms. The summed E-state index contributed by atoms with van der Waals surface area (Å²) < 4.78 is 25.9. The molecule has 1 saturated heterocycles. The van der Waals surface area contributed by atoms with Gasteiger partial charge in [-0.05, 0) is 31.3 Å². The first-order valence-electron chi connectivity index (χ1n) is 11.7. The van der Waals surface area contributed by atoms with Crippen molar-refractivity contribution < 1.29 is 18.7 Å². The third-order valence-electron chi connectivity index (χ3n) is 6.44. The van der Waals surface area contributed by atoms with E-state index in [-0.39, 0.29) is 18.0 Å². The van der Waals surface area contributed by atoms with Crippen LogP contribution < -0.4 is 14.4 Å². The van der Waals surface area contributed by atoms with Gasteiger partial charge in [0.1, 0.15) is 17.3 Å². The first-order chi connectivity index (χ1) is 17.0. The van der Waals surface area contributed by atoms with Crippen molar-refractivity contribution in [1.29, 1.82) is 0 Å². The van der Waals surface area contributed by atoms with Gasteiger partial charge < -0.3 is 24.2 Å². The molecule has 3 heterocycles. The molecule has 35 heavy (non-hydrogen) atoms. The fourth-order valence-electron chi connectivity index (χ4n) is 4.36. The molecule has 0 radical (unpaired) electrons. The molecule has 8 nitrogen and oxygen atoms in total. The third-order valence-corrected chi connectivity index (χ3v) is 6.44. The number of aromatic nitrogens is 2. The summed E-state index contributed by atoms with van der Waals surface area (Å²) in [5.74, 6) is 1.39. The average Bonchev–Trinajstić information content (AvgIpc) is 2.89. The summed E-state index contributed by atoms with van der Waals surface area (Å²) >= 11 is 0. The van der Waals surface area contributed by atoms with E-state index in [1.54, 1.807) is 30.2 Å². The summed E-state index contributed by atoms with van der Waals surface area (Å²) in [5.41, 5.74) is 1.65. The number of hydrogen-bond acceptors (Lipinski definition) is 7. The van der Waals surface area contributed by atoms with Gasteiger partial charge in [0.05, 0.1) is 30.5 Å². The molecule has 0 N–H and O–H groups in total. The Kier molecular flexibility index (Phi) is 6.50. The van der Waals surface area contributed by atoms with Crippen LogP contribution in [-0.4, -0.2) is 72.6 Å². The number of nitrogens with zero attached hydrogens (tertiary/aromatic N) is 5. The highest BCUT2D eigenvalue weighted by atomic mass is 19.1. The maximum Gasteiger partial charge on any atom is 0.257 e. The van der Waals surface area contributed by atoms with Gasteiger partial charge in [-0.1, -0.05) is 18.2 Å². The van der Waals surface area contributed by atoms with Gasteiger partial charge in [0, 0.05) is 45.2 Å². The van der Waals surface area contributed by atoms with Crippen LogP contribution in [-0.2, 0) is 13.0 Å². The zero-order valence-corrected chi connectivity index (χ0v) is 19.9. The van der Waals surface area contributed by atoms with Crippen LogP contribution >= 0.6 is 0 Å². The molecule has 0 bridgehead atoms. The Labute approximate surface area is 203 Å². The summed E-state index contributed by atoms with van der Waals surface area (Å²) in [6.07, 6.45) is 0.535. The minimum atomic E-state index is -0.530. The number of methoxy groups -OCH3 is 1.